The lowest BCUT2D eigenvalue weighted by Gasteiger charge is -2.12. The molecule has 2 rings (SSSR count). The van der Waals surface area contributed by atoms with Crippen LogP contribution in [0.15, 0.2) is 40.9 Å². The Bertz CT molecular complexity index is 662. The van der Waals surface area contributed by atoms with Crippen LogP contribution in [-0.2, 0) is 6.54 Å². The smallest absolute Gasteiger partial charge is 0.123 e. The average Bonchev–Trinajstić information content (AvgIpc) is 2.47. The van der Waals surface area contributed by atoms with Crippen molar-refractivity contribution in [1.82, 2.24) is 0 Å². The summed E-state index contributed by atoms with van der Waals surface area (Å²) in [7, 11) is 1.63. The number of benzene rings is 2. The van der Waals surface area contributed by atoms with Gasteiger partial charge < -0.3 is 10.1 Å². The lowest BCUT2D eigenvalue weighted by molar-refractivity contribution is 0.410. The molecular weight excluding hydrogens is 316 g/mol. The summed E-state index contributed by atoms with van der Waals surface area (Å²) in [5, 5.41) is 12.3. The van der Waals surface area contributed by atoms with Gasteiger partial charge in [-0.2, -0.15) is 5.26 Å². The lowest BCUT2D eigenvalue weighted by Crippen LogP contribution is -2.03. The van der Waals surface area contributed by atoms with E-state index in [0.717, 1.165) is 21.5 Å². The first-order valence-corrected chi connectivity index (χ1v) is 7.00. The number of rotatable bonds is 4. The number of nitrogens with zero attached hydrogens (tertiary/aromatic N) is 1. The molecule has 0 amide bonds. The van der Waals surface area contributed by atoms with Gasteiger partial charge in [0.25, 0.3) is 0 Å². The summed E-state index contributed by atoms with van der Waals surface area (Å²) in [4.78, 5) is 0. The predicted octanol–water partition coefficient (Wildman–Crippen LogP) is 4.25. The molecule has 0 heterocycles. The van der Waals surface area contributed by atoms with E-state index in [4.69, 9.17) is 10.00 Å². The van der Waals surface area contributed by atoms with Crippen molar-refractivity contribution < 1.29 is 4.74 Å². The number of aryl methyl sites for hydroxylation is 1. The molecule has 0 fully saturated rings. The van der Waals surface area contributed by atoms with Crippen LogP contribution in [0.5, 0.6) is 5.75 Å². The highest BCUT2D eigenvalue weighted by Crippen LogP contribution is 2.26. The van der Waals surface area contributed by atoms with Gasteiger partial charge >= 0.3 is 0 Å². The van der Waals surface area contributed by atoms with Crippen molar-refractivity contribution in [3.8, 4) is 11.8 Å². The second-order valence-corrected chi connectivity index (χ2v) is 5.33. The molecule has 3 nitrogen and oxygen atoms in total. The van der Waals surface area contributed by atoms with Crippen molar-refractivity contribution in [3.05, 3.63) is 57.6 Å². The molecule has 2 aromatic carbocycles. The fraction of sp³-hybridized carbons (Fsp3) is 0.188. The largest absolute Gasteiger partial charge is 0.496 e. The van der Waals surface area contributed by atoms with Crippen molar-refractivity contribution in [2.45, 2.75) is 13.5 Å². The van der Waals surface area contributed by atoms with Gasteiger partial charge in [0.05, 0.1) is 18.7 Å². The van der Waals surface area contributed by atoms with Crippen LogP contribution in [0.2, 0.25) is 0 Å². The minimum atomic E-state index is 0.598. The maximum Gasteiger partial charge on any atom is 0.123 e. The van der Waals surface area contributed by atoms with E-state index in [9.17, 15) is 0 Å². The van der Waals surface area contributed by atoms with Gasteiger partial charge in [0, 0.05) is 22.3 Å². The summed E-state index contributed by atoms with van der Waals surface area (Å²) in [5.74, 6) is 0.778. The Morgan fingerprint density at radius 1 is 1.25 bits per heavy atom. The van der Waals surface area contributed by atoms with Crippen LogP contribution in [0.1, 0.15) is 16.7 Å². The molecule has 0 aliphatic carbocycles. The van der Waals surface area contributed by atoms with Gasteiger partial charge in [0.15, 0.2) is 0 Å². The Labute approximate surface area is 127 Å². The molecule has 0 spiro atoms. The maximum absolute atomic E-state index is 8.97. The standard InChI is InChI=1S/C16H15BrN2O/c1-11-3-5-14(17)15(7-11)19-10-13-8-12(9-18)4-6-16(13)20-2/h3-8,19H,10H2,1-2H3. The number of nitrogens with one attached hydrogen (secondary N) is 1. The van der Waals surface area contributed by atoms with Crippen molar-refractivity contribution in [3.63, 3.8) is 0 Å². The van der Waals surface area contributed by atoms with E-state index in [1.165, 1.54) is 5.56 Å². The van der Waals surface area contributed by atoms with Crippen LogP contribution in [0.4, 0.5) is 5.69 Å². The molecular formula is C16H15BrN2O. The average molecular weight is 331 g/mol. The van der Waals surface area contributed by atoms with Gasteiger partial charge in [-0.3, -0.25) is 0 Å². The highest BCUT2D eigenvalue weighted by atomic mass is 79.9. The Kier molecular flexibility index (Phi) is 4.65. The summed E-state index contributed by atoms with van der Waals surface area (Å²) in [6, 6.07) is 13.7. The molecule has 1 N–H and O–H groups in total. The summed E-state index contributed by atoms with van der Waals surface area (Å²) in [5.41, 5.74) is 3.80. The van der Waals surface area contributed by atoms with Gasteiger partial charge in [-0.1, -0.05) is 6.07 Å². The third kappa shape index (κ3) is 3.31. The molecule has 0 saturated heterocycles. The first-order chi connectivity index (χ1) is 9.63. The topological polar surface area (TPSA) is 45.0 Å². The molecule has 0 bridgehead atoms. The minimum absolute atomic E-state index is 0.598. The fourth-order valence-corrected chi connectivity index (χ4v) is 2.34. The summed E-state index contributed by atoms with van der Waals surface area (Å²) < 4.78 is 6.34. The van der Waals surface area contributed by atoms with Crippen molar-refractivity contribution >= 4 is 21.6 Å². The molecule has 20 heavy (non-hydrogen) atoms. The molecule has 0 aliphatic rings. The van der Waals surface area contributed by atoms with E-state index in [-0.39, 0.29) is 0 Å². The van der Waals surface area contributed by atoms with Gasteiger partial charge in [-0.25, -0.2) is 0 Å². The van der Waals surface area contributed by atoms with E-state index < -0.39 is 0 Å². The molecule has 0 atom stereocenters. The lowest BCUT2D eigenvalue weighted by atomic mass is 10.1. The Balaban J connectivity index is 2.22. The summed E-state index contributed by atoms with van der Waals surface area (Å²) in [6.45, 7) is 2.65. The van der Waals surface area contributed by atoms with E-state index in [0.29, 0.717) is 12.1 Å². The van der Waals surface area contributed by atoms with E-state index >= 15 is 0 Å². The van der Waals surface area contributed by atoms with Gasteiger partial charge in [0.2, 0.25) is 0 Å². The quantitative estimate of drug-likeness (QED) is 0.911. The molecule has 102 valence electrons. The zero-order valence-corrected chi connectivity index (χ0v) is 13.0. The van der Waals surface area contributed by atoms with Crippen LogP contribution in [-0.4, -0.2) is 7.11 Å². The second-order valence-electron chi connectivity index (χ2n) is 4.48. The monoisotopic (exact) mass is 330 g/mol. The zero-order chi connectivity index (χ0) is 14.5. The van der Waals surface area contributed by atoms with Crippen molar-refractivity contribution in [2.24, 2.45) is 0 Å². The molecule has 0 aromatic heterocycles. The minimum Gasteiger partial charge on any atom is -0.496 e. The molecule has 0 radical (unpaired) electrons. The van der Waals surface area contributed by atoms with Gasteiger partial charge in [0.1, 0.15) is 5.75 Å². The molecule has 0 aliphatic heterocycles. The van der Waals surface area contributed by atoms with Crippen LogP contribution >= 0.6 is 15.9 Å². The number of hydrogen-bond acceptors (Lipinski definition) is 3. The maximum atomic E-state index is 8.97. The van der Waals surface area contributed by atoms with Crippen LogP contribution in [0, 0.1) is 18.3 Å². The molecule has 0 unspecified atom stereocenters. The third-order valence-electron chi connectivity index (χ3n) is 3.00. The number of anilines is 1. The van der Waals surface area contributed by atoms with Crippen LogP contribution in [0.3, 0.4) is 0 Å². The van der Waals surface area contributed by atoms with Gasteiger partial charge in [-0.15, -0.1) is 0 Å². The van der Waals surface area contributed by atoms with Crippen LogP contribution < -0.4 is 10.1 Å². The summed E-state index contributed by atoms with van der Waals surface area (Å²) in [6.07, 6.45) is 0. The normalized spacial score (nSPS) is 9.90. The molecule has 4 heteroatoms. The van der Waals surface area contributed by atoms with E-state index in [1.807, 2.05) is 24.3 Å². The number of nitriles is 1. The zero-order valence-electron chi connectivity index (χ0n) is 11.4. The SMILES string of the molecule is COc1ccc(C#N)cc1CNc1cc(C)ccc1Br. The highest BCUT2D eigenvalue weighted by molar-refractivity contribution is 9.10. The second kappa shape index (κ2) is 6.44. The fourth-order valence-electron chi connectivity index (χ4n) is 1.95. The third-order valence-corrected chi connectivity index (χ3v) is 3.69. The van der Waals surface area contributed by atoms with Crippen molar-refractivity contribution in [2.75, 3.05) is 12.4 Å². The predicted molar refractivity (Wildman–Crippen MR) is 83.9 cm³/mol. The Morgan fingerprint density at radius 3 is 2.75 bits per heavy atom. The first-order valence-electron chi connectivity index (χ1n) is 6.21. The Morgan fingerprint density at radius 2 is 2.05 bits per heavy atom. The first kappa shape index (κ1) is 14.4. The number of halogens is 1. The van der Waals surface area contributed by atoms with Crippen molar-refractivity contribution in [1.29, 1.82) is 5.26 Å². The highest BCUT2D eigenvalue weighted by Gasteiger charge is 2.06. The van der Waals surface area contributed by atoms with Crippen LogP contribution in [0.25, 0.3) is 0 Å². The molecule has 0 saturated carbocycles. The number of methoxy groups -OCH3 is 1. The summed E-state index contributed by atoms with van der Waals surface area (Å²) >= 11 is 3.52. The molecule has 2 aromatic rings. The Hall–Kier alpha value is -1.99. The van der Waals surface area contributed by atoms with Gasteiger partial charge in [-0.05, 0) is 58.7 Å². The number of hydrogen-bond donors (Lipinski definition) is 1. The number of ether oxygens (including phenoxy) is 1. The van der Waals surface area contributed by atoms with E-state index in [1.54, 1.807) is 13.2 Å². The van der Waals surface area contributed by atoms with E-state index in [2.05, 4.69) is 40.3 Å².